The number of ether oxygens (including phenoxy) is 1. The van der Waals surface area contributed by atoms with Crippen LogP contribution in [0.1, 0.15) is 45.1 Å². The van der Waals surface area contributed by atoms with Crippen LogP contribution in [0.3, 0.4) is 0 Å². The molecule has 2 unspecified atom stereocenters. The predicted molar refractivity (Wildman–Crippen MR) is 117 cm³/mol. The van der Waals surface area contributed by atoms with Crippen molar-refractivity contribution in [2.24, 2.45) is 16.3 Å². The second-order valence-electron chi connectivity index (χ2n) is 7.81. The maximum atomic E-state index is 5.66. The smallest absolute Gasteiger partial charge is 0.193 e. The van der Waals surface area contributed by atoms with Crippen molar-refractivity contribution < 1.29 is 4.74 Å². The van der Waals surface area contributed by atoms with Crippen molar-refractivity contribution in [3.05, 3.63) is 30.1 Å². The number of likely N-dealkylation sites (tertiary alicyclic amines) is 1. The van der Waals surface area contributed by atoms with Crippen LogP contribution in [-0.4, -0.2) is 55.2 Å². The topological polar surface area (TPSA) is 49.8 Å². The fourth-order valence-corrected chi connectivity index (χ4v) is 3.99. The Kier molecular flexibility index (Phi) is 8.13. The first-order valence-corrected chi connectivity index (χ1v) is 9.64. The molecule has 5 nitrogen and oxygen atoms in total. The molecule has 0 aliphatic carbocycles. The summed E-state index contributed by atoms with van der Waals surface area (Å²) in [5.74, 6) is 1.98. The van der Waals surface area contributed by atoms with Gasteiger partial charge in [0.25, 0.3) is 0 Å². The minimum atomic E-state index is 0. The first kappa shape index (κ1) is 21.4. The normalized spacial score (nSPS) is 24.2. The van der Waals surface area contributed by atoms with Crippen LogP contribution in [0.25, 0.3) is 0 Å². The number of aromatic nitrogens is 1. The van der Waals surface area contributed by atoms with Gasteiger partial charge < -0.3 is 15.0 Å². The molecule has 2 aliphatic rings. The summed E-state index contributed by atoms with van der Waals surface area (Å²) < 4.78 is 5.66. The third-order valence-corrected chi connectivity index (χ3v) is 5.61. The van der Waals surface area contributed by atoms with E-state index in [0.717, 1.165) is 45.4 Å². The summed E-state index contributed by atoms with van der Waals surface area (Å²) in [5.41, 5.74) is 1.64. The van der Waals surface area contributed by atoms with Gasteiger partial charge in [0.05, 0.1) is 6.61 Å². The molecular weight excluding hydrogens is 439 g/mol. The Morgan fingerprint density at radius 1 is 1.42 bits per heavy atom. The molecule has 0 amide bonds. The number of nitrogens with one attached hydrogen (secondary N) is 1. The molecule has 3 rings (SSSR count). The Hall–Kier alpha value is -0.890. The van der Waals surface area contributed by atoms with Crippen LogP contribution in [0.15, 0.2) is 29.5 Å². The van der Waals surface area contributed by atoms with Gasteiger partial charge in [-0.1, -0.05) is 19.9 Å². The predicted octanol–water partition coefficient (Wildman–Crippen LogP) is 3.52. The third kappa shape index (κ3) is 5.09. The fraction of sp³-hybridized carbons (Fsp3) is 0.700. The molecule has 2 atom stereocenters. The Labute approximate surface area is 175 Å². The van der Waals surface area contributed by atoms with Crippen molar-refractivity contribution in [2.45, 2.75) is 39.5 Å². The van der Waals surface area contributed by atoms with Gasteiger partial charge in [0.2, 0.25) is 0 Å². The SMILES string of the molecule is CCNC(=NCC(c1cccnc1)C(C)C)N1CCC2(CCOC2)C1.I. The maximum Gasteiger partial charge on any atom is 0.193 e. The summed E-state index contributed by atoms with van der Waals surface area (Å²) in [6.45, 7) is 12.3. The maximum absolute atomic E-state index is 5.66. The molecule has 0 aromatic carbocycles. The van der Waals surface area contributed by atoms with E-state index in [9.17, 15) is 0 Å². The summed E-state index contributed by atoms with van der Waals surface area (Å²) in [6, 6.07) is 4.19. The van der Waals surface area contributed by atoms with Crippen LogP contribution in [0.4, 0.5) is 0 Å². The molecule has 2 aliphatic heterocycles. The van der Waals surface area contributed by atoms with Crippen molar-refractivity contribution in [1.29, 1.82) is 0 Å². The van der Waals surface area contributed by atoms with E-state index in [4.69, 9.17) is 9.73 Å². The molecule has 0 radical (unpaired) electrons. The average molecular weight is 472 g/mol. The molecule has 2 fully saturated rings. The highest BCUT2D eigenvalue weighted by Crippen LogP contribution is 2.38. The minimum absolute atomic E-state index is 0. The van der Waals surface area contributed by atoms with Crippen molar-refractivity contribution in [3.63, 3.8) is 0 Å². The fourth-order valence-electron chi connectivity index (χ4n) is 3.99. The molecule has 0 bridgehead atoms. The Balaban J connectivity index is 0.00000243. The number of hydrogen-bond acceptors (Lipinski definition) is 3. The highest BCUT2D eigenvalue weighted by atomic mass is 127. The van der Waals surface area contributed by atoms with Gasteiger partial charge in [-0.3, -0.25) is 9.98 Å². The van der Waals surface area contributed by atoms with Gasteiger partial charge >= 0.3 is 0 Å². The van der Waals surface area contributed by atoms with Gasteiger partial charge in [0.1, 0.15) is 0 Å². The number of hydrogen-bond donors (Lipinski definition) is 1. The molecule has 146 valence electrons. The van der Waals surface area contributed by atoms with Crippen LogP contribution in [0.5, 0.6) is 0 Å². The van der Waals surface area contributed by atoms with Crippen molar-refractivity contribution >= 4 is 29.9 Å². The van der Waals surface area contributed by atoms with E-state index in [-0.39, 0.29) is 24.0 Å². The molecule has 6 heteroatoms. The lowest BCUT2D eigenvalue weighted by atomic mass is 9.87. The number of pyridine rings is 1. The van der Waals surface area contributed by atoms with Gasteiger partial charge in [-0.15, -0.1) is 24.0 Å². The van der Waals surface area contributed by atoms with Gasteiger partial charge in [-0.25, -0.2) is 0 Å². The average Bonchev–Trinajstić information content (AvgIpc) is 3.25. The molecule has 26 heavy (non-hydrogen) atoms. The number of rotatable bonds is 5. The van der Waals surface area contributed by atoms with Crippen LogP contribution >= 0.6 is 24.0 Å². The van der Waals surface area contributed by atoms with Crippen molar-refractivity contribution in [1.82, 2.24) is 15.2 Å². The van der Waals surface area contributed by atoms with Crippen LogP contribution in [-0.2, 0) is 4.74 Å². The highest BCUT2D eigenvalue weighted by molar-refractivity contribution is 14.0. The molecular formula is C20H33IN4O. The Morgan fingerprint density at radius 2 is 2.27 bits per heavy atom. The summed E-state index contributed by atoms with van der Waals surface area (Å²) >= 11 is 0. The third-order valence-electron chi connectivity index (χ3n) is 5.61. The van der Waals surface area contributed by atoms with Gasteiger partial charge in [0, 0.05) is 56.5 Å². The second kappa shape index (κ2) is 9.88. The van der Waals surface area contributed by atoms with E-state index in [1.165, 1.54) is 18.4 Å². The van der Waals surface area contributed by atoms with E-state index in [1.54, 1.807) is 0 Å². The lowest BCUT2D eigenvalue weighted by Crippen LogP contribution is -2.41. The number of aliphatic imine (C=N–C) groups is 1. The van der Waals surface area contributed by atoms with Crippen LogP contribution in [0, 0.1) is 11.3 Å². The summed E-state index contributed by atoms with van der Waals surface area (Å²) in [4.78, 5) is 11.7. The zero-order valence-corrected chi connectivity index (χ0v) is 18.6. The molecule has 3 heterocycles. The number of halogens is 1. The van der Waals surface area contributed by atoms with E-state index < -0.39 is 0 Å². The molecule has 1 aromatic rings. The lowest BCUT2D eigenvalue weighted by molar-refractivity contribution is 0.156. The highest BCUT2D eigenvalue weighted by Gasteiger charge is 2.42. The lowest BCUT2D eigenvalue weighted by Gasteiger charge is -2.26. The molecule has 2 saturated heterocycles. The van der Waals surface area contributed by atoms with E-state index in [2.05, 4.69) is 42.0 Å². The van der Waals surface area contributed by atoms with Crippen molar-refractivity contribution in [2.75, 3.05) is 39.4 Å². The van der Waals surface area contributed by atoms with Crippen molar-refractivity contribution in [3.8, 4) is 0 Å². The molecule has 0 saturated carbocycles. The summed E-state index contributed by atoms with van der Waals surface area (Å²) in [6.07, 6.45) is 6.22. The first-order valence-electron chi connectivity index (χ1n) is 9.64. The molecule has 1 spiro atoms. The summed E-state index contributed by atoms with van der Waals surface area (Å²) in [7, 11) is 0. The monoisotopic (exact) mass is 472 g/mol. The largest absolute Gasteiger partial charge is 0.381 e. The quantitative estimate of drug-likeness (QED) is 0.405. The Morgan fingerprint density at radius 3 is 2.88 bits per heavy atom. The number of guanidine groups is 1. The van der Waals surface area contributed by atoms with Crippen LogP contribution < -0.4 is 5.32 Å². The van der Waals surface area contributed by atoms with Gasteiger partial charge in [0.15, 0.2) is 5.96 Å². The second-order valence-corrected chi connectivity index (χ2v) is 7.81. The zero-order valence-electron chi connectivity index (χ0n) is 16.3. The number of nitrogens with zero attached hydrogens (tertiary/aromatic N) is 3. The standard InChI is InChI=1S/C20H32N4O.HI/c1-4-22-19(24-10-7-20(14-24)8-11-25-15-20)23-13-18(16(2)3)17-6-5-9-21-12-17;/h5-6,9,12,16,18H,4,7-8,10-11,13-15H2,1-3H3,(H,22,23);1H. The van der Waals surface area contributed by atoms with E-state index in [1.807, 2.05) is 18.5 Å². The zero-order chi connectivity index (χ0) is 17.7. The molecule has 1 N–H and O–H groups in total. The first-order chi connectivity index (χ1) is 12.1. The van der Waals surface area contributed by atoms with E-state index in [0.29, 0.717) is 17.3 Å². The Bertz CT molecular complexity index is 572. The summed E-state index contributed by atoms with van der Waals surface area (Å²) in [5, 5.41) is 3.50. The van der Waals surface area contributed by atoms with Gasteiger partial charge in [-0.05, 0) is 37.3 Å². The minimum Gasteiger partial charge on any atom is -0.381 e. The molecule has 1 aromatic heterocycles. The van der Waals surface area contributed by atoms with Crippen LogP contribution in [0.2, 0.25) is 0 Å². The van der Waals surface area contributed by atoms with Gasteiger partial charge in [-0.2, -0.15) is 0 Å². The van der Waals surface area contributed by atoms with E-state index >= 15 is 0 Å².